The van der Waals surface area contributed by atoms with Crippen molar-refractivity contribution in [1.82, 2.24) is 15.0 Å². The summed E-state index contributed by atoms with van der Waals surface area (Å²) in [5.41, 5.74) is 11.4. The number of rotatable bonds is 6. The van der Waals surface area contributed by atoms with Crippen LogP contribution >= 0.6 is 11.3 Å². The van der Waals surface area contributed by atoms with E-state index in [-0.39, 0.29) is 0 Å². The molecule has 0 aliphatic heterocycles. The highest BCUT2D eigenvalue weighted by atomic mass is 32.1. The molecule has 0 aliphatic rings. The number of para-hydroxylation sites is 1. The molecular weight excluding hydrogens is 703 g/mol. The molecule has 0 unspecified atom stereocenters. The summed E-state index contributed by atoms with van der Waals surface area (Å²) >= 11 is 1.86. The Morgan fingerprint density at radius 1 is 0.304 bits per heavy atom. The van der Waals surface area contributed by atoms with Gasteiger partial charge in [-0.25, -0.2) is 15.0 Å². The van der Waals surface area contributed by atoms with E-state index in [9.17, 15) is 0 Å². The van der Waals surface area contributed by atoms with Gasteiger partial charge in [0.05, 0.1) is 0 Å². The minimum Gasteiger partial charge on any atom is -0.456 e. The van der Waals surface area contributed by atoms with Crippen molar-refractivity contribution in [3.63, 3.8) is 0 Å². The molecule has 0 atom stereocenters. The molecule has 0 spiro atoms. The van der Waals surface area contributed by atoms with Crippen molar-refractivity contribution in [2.45, 2.75) is 0 Å². The number of fused-ring (bicyclic) bond motifs is 6. The van der Waals surface area contributed by atoms with Gasteiger partial charge in [-0.15, -0.1) is 11.3 Å². The Morgan fingerprint density at radius 2 is 0.768 bits per heavy atom. The second kappa shape index (κ2) is 13.3. The smallest absolute Gasteiger partial charge is 0.164 e. The molecule has 56 heavy (non-hydrogen) atoms. The van der Waals surface area contributed by atoms with Crippen molar-refractivity contribution in [2.75, 3.05) is 0 Å². The van der Waals surface area contributed by atoms with E-state index in [1.807, 2.05) is 41.7 Å². The third kappa shape index (κ3) is 5.56. The van der Waals surface area contributed by atoms with Crippen LogP contribution in [0.4, 0.5) is 0 Å². The summed E-state index contributed by atoms with van der Waals surface area (Å²) in [6.45, 7) is 0. The predicted molar refractivity (Wildman–Crippen MR) is 233 cm³/mol. The third-order valence-corrected chi connectivity index (χ3v) is 11.8. The van der Waals surface area contributed by atoms with Crippen molar-refractivity contribution in [3.05, 3.63) is 188 Å². The number of thiophene rings is 1. The predicted octanol–water partition coefficient (Wildman–Crippen LogP) is 14.1. The van der Waals surface area contributed by atoms with Gasteiger partial charge >= 0.3 is 0 Å². The van der Waals surface area contributed by atoms with E-state index in [2.05, 4.69) is 158 Å². The number of nitrogens with zero attached hydrogens (tertiary/aromatic N) is 3. The molecule has 8 aromatic carbocycles. The average Bonchev–Trinajstić information content (AvgIpc) is 3.85. The molecule has 0 radical (unpaired) electrons. The zero-order valence-electron chi connectivity index (χ0n) is 30.1. The highest BCUT2D eigenvalue weighted by molar-refractivity contribution is 7.26. The first-order valence-electron chi connectivity index (χ1n) is 18.7. The zero-order valence-corrected chi connectivity index (χ0v) is 30.9. The topological polar surface area (TPSA) is 51.8 Å². The summed E-state index contributed by atoms with van der Waals surface area (Å²) < 4.78 is 8.85. The standard InChI is InChI=1S/C51H31N3OS/c1-3-13-32(14-4-1)34-17-9-19-36(29-34)49-52-50(54-51(53-49)38-27-28-42-41-21-7-8-26-45(41)55-46(42)31-38)37-20-10-18-35(30-37)40-23-12-25-44-43-24-11-22-39(47(43)56-48(40)44)33-15-5-2-6-16-33/h1-31H. The largest absolute Gasteiger partial charge is 0.456 e. The fourth-order valence-corrected chi connectivity index (χ4v) is 9.19. The molecule has 4 nitrogen and oxygen atoms in total. The molecule has 0 bridgehead atoms. The van der Waals surface area contributed by atoms with Gasteiger partial charge in [0.2, 0.25) is 0 Å². The molecule has 0 saturated carbocycles. The van der Waals surface area contributed by atoms with E-state index in [0.29, 0.717) is 17.5 Å². The van der Waals surface area contributed by atoms with Gasteiger partial charge in [-0.2, -0.15) is 0 Å². The van der Waals surface area contributed by atoms with Crippen LogP contribution in [0.15, 0.2) is 192 Å². The van der Waals surface area contributed by atoms with E-state index < -0.39 is 0 Å². The minimum atomic E-state index is 0.586. The first-order chi connectivity index (χ1) is 27.7. The normalized spacial score (nSPS) is 11.6. The molecule has 0 N–H and O–H groups in total. The number of furan rings is 1. The molecular formula is C51H31N3OS. The minimum absolute atomic E-state index is 0.586. The van der Waals surface area contributed by atoms with Crippen LogP contribution in [0.3, 0.4) is 0 Å². The van der Waals surface area contributed by atoms with Gasteiger partial charge in [-0.05, 0) is 63.7 Å². The maximum Gasteiger partial charge on any atom is 0.164 e. The molecule has 11 rings (SSSR count). The van der Waals surface area contributed by atoms with Crippen molar-refractivity contribution in [2.24, 2.45) is 0 Å². The summed E-state index contributed by atoms with van der Waals surface area (Å²) in [6, 6.07) is 65.7. The monoisotopic (exact) mass is 733 g/mol. The fourth-order valence-electron chi connectivity index (χ4n) is 7.82. The van der Waals surface area contributed by atoms with Crippen LogP contribution in [-0.2, 0) is 0 Å². The highest BCUT2D eigenvalue weighted by Gasteiger charge is 2.18. The Bertz CT molecular complexity index is 3260. The number of aromatic nitrogens is 3. The summed E-state index contributed by atoms with van der Waals surface area (Å²) in [6.07, 6.45) is 0. The Hall–Kier alpha value is -7.21. The van der Waals surface area contributed by atoms with Crippen molar-refractivity contribution in [1.29, 1.82) is 0 Å². The second-order valence-corrected chi connectivity index (χ2v) is 15.0. The third-order valence-electron chi connectivity index (χ3n) is 10.5. The van der Waals surface area contributed by atoms with Gasteiger partial charge in [0.15, 0.2) is 17.5 Å². The lowest BCUT2D eigenvalue weighted by atomic mass is 9.99. The molecule has 11 aromatic rings. The van der Waals surface area contributed by atoms with E-state index in [0.717, 1.165) is 55.3 Å². The maximum atomic E-state index is 6.29. The summed E-state index contributed by atoms with van der Waals surface area (Å²) in [5, 5.41) is 4.68. The van der Waals surface area contributed by atoms with E-state index in [4.69, 9.17) is 19.4 Å². The van der Waals surface area contributed by atoms with Gasteiger partial charge in [-0.3, -0.25) is 0 Å². The highest BCUT2D eigenvalue weighted by Crippen LogP contribution is 2.44. The molecule has 0 aliphatic carbocycles. The van der Waals surface area contributed by atoms with Crippen molar-refractivity contribution < 1.29 is 4.42 Å². The molecule has 0 amide bonds. The van der Waals surface area contributed by atoms with Crippen LogP contribution in [0.1, 0.15) is 0 Å². The Kier molecular flexibility index (Phi) is 7.64. The van der Waals surface area contributed by atoms with Gasteiger partial charge in [-0.1, -0.05) is 158 Å². The molecule has 3 aromatic heterocycles. The molecule has 3 heterocycles. The Balaban J connectivity index is 1.07. The van der Waals surface area contributed by atoms with Crippen LogP contribution < -0.4 is 0 Å². The first-order valence-corrected chi connectivity index (χ1v) is 19.5. The lowest BCUT2D eigenvalue weighted by Crippen LogP contribution is -2.00. The lowest BCUT2D eigenvalue weighted by Gasteiger charge is -2.11. The van der Waals surface area contributed by atoms with E-state index in [1.165, 1.54) is 36.9 Å². The number of hydrogen-bond acceptors (Lipinski definition) is 5. The summed E-state index contributed by atoms with van der Waals surface area (Å²) in [5.74, 6) is 1.80. The van der Waals surface area contributed by atoms with Crippen LogP contribution in [-0.4, -0.2) is 15.0 Å². The Morgan fingerprint density at radius 3 is 1.45 bits per heavy atom. The van der Waals surface area contributed by atoms with Crippen LogP contribution in [0.2, 0.25) is 0 Å². The fraction of sp³-hybridized carbons (Fsp3) is 0. The zero-order chi connectivity index (χ0) is 37.0. The van der Waals surface area contributed by atoms with E-state index in [1.54, 1.807) is 0 Å². The van der Waals surface area contributed by atoms with Crippen LogP contribution in [0, 0.1) is 0 Å². The van der Waals surface area contributed by atoms with Gasteiger partial charge in [0.1, 0.15) is 11.2 Å². The SMILES string of the molecule is c1ccc(-c2cccc(-c3nc(-c4cccc(-c5cccc6c5sc5c(-c7ccccc7)cccc56)c4)nc(-c4ccc5c(c4)oc4ccccc45)n3)c2)cc1. The van der Waals surface area contributed by atoms with Gasteiger partial charge < -0.3 is 4.42 Å². The maximum absolute atomic E-state index is 6.29. The molecule has 0 saturated heterocycles. The second-order valence-electron chi connectivity index (χ2n) is 14.0. The quantitative estimate of drug-likeness (QED) is 0.171. The number of hydrogen-bond donors (Lipinski definition) is 0. The summed E-state index contributed by atoms with van der Waals surface area (Å²) in [7, 11) is 0. The lowest BCUT2D eigenvalue weighted by molar-refractivity contribution is 0.669. The average molecular weight is 734 g/mol. The molecule has 5 heteroatoms. The summed E-state index contributed by atoms with van der Waals surface area (Å²) in [4.78, 5) is 15.4. The van der Waals surface area contributed by atoms with Crippen LogP contribution in [0.5, 0.6) is 0 Å². The Labute approximate surface area is 327 Å². The first kappa shape index (κ1) is 32.2. The molecule has 262 valence electrons. The van der Waals surface area contributed by atoms with Gasteiger partial charge in [0, 0.05) is 47.6 Å². The van der Waals surface area contributed by atoms with Crippen molar-refractivity contribution in [3.8, 4) is 67.5 Å². The molecule has 0 fully saturated rings. The van der Waals surface area contributed by atoms with E-state index >= 15 is 0 Å². The van der Waals surface area contributed by atoms with Crippen molar-refractivity contribution >= 4 is 53.4 Å². The van der Waals surface area contributed by atoms with Crippen LogP contribution in [0.25, 0.3) is 110 Å². The number of benzene rings is 8. The van der Waals surface area contributed by atoms with Gasteiger partial charge in [0.25, 0.3) is 0 Å².